The summed E-state index contributed by atoms with van der Waals surface area (Å²) < 4.78 is 8.69. The highest BCUT2D eigenvalue weighted by atomic mass is 16.5. The summed E-state index contributed by atoms with van der Waals surface area (Å²) in [5.74, 6) is -1.68. The third-order valence-electron chi connectivity index (χ3n) is 3.86. The van der Waals surface area contributed by atoms with Gasteiger partial charge in [0.2, 0.25) is 0 Å². The lowest BCUT2D eigenvalue weighted by atomic mass is 10.0. The molecule has 142 valence electrons. The van der Waals surface area contributed by atoms with Crippen molar-refractivity contribution in [1.29, 1.82) is 0 Å². The maximum atomic E-state index is 11.0. The van der Waals surface area contributed by atoms with Crippen LogP contribution in [-0.4, -0.2) is 71.0 Å². The molecule has 0 spiro atoms. The fourth-order valence-corrected chi connectivity index (χ4v) is 2.29. The van der Waals surface area contributed by atoms with E-state index in [9.17, 15) is 30.0 Å². The van der Waals surface area contributed by atoms with E-state index in [-0.39, 0.29) is 0 Å². The van der Waals surface area contributed by atoms with E-state index < -0.39 is 36.4 Å². The molecule has 0 amide bonds. The SMILES string of the molecule is COC(=O)[C@@H](O)[C@H](O)CCCCCCCC[C@@H](O)[C@H](O)C(=O)OC. The van der Waals surface area contributed by atoms with E-state index >= 15 is 0 Å². The van der Waals surface area contributed by atoms with E-state index in [1.165, 1.54) is 0 Å². The van der Waals surface area contributed by atoms with Crippen molar-refractivity contribution in [2.24, 2.45) is 0 Å². The second-order valence-corrected chi connectivity index (χ2v) is 5.77. The molecule has 0 aliphatic rings. The van der Waals surface area contributed by atoms with Crippen molar-refractivity contribution in [2.45, 2.75) is 75.8 Å². The molecule has 0 fully saturated rings. The zero-order valence-corrected chi connectivity index (χ0v) is 14.4. The van der Waals surface area contributed by atoms with Gasteiger partial charge in [0, 0.05) is 0 Å². The van der Waals surface area contributed by atoms with Crippen LogP contribution in [0.25, 0.3) is 0 Å². The number of unbranched alkanes of at least 4 members (excludes halogenated alkanes) is 5. The van der Waals surface area contributed by atoms with Gasteiger partial charge in [-0.25, -0.2) is 9.59 Å². The van der Waals surface area contributed by atoms with Crippen LogP contribution in [0.4, 0.5) is 0 Å². The summed E-state index contributed by atoms with van der Waals surface area (Å²) in [5, 5.41) is 38.0. The van der Waals surface area contributed by atoms with Gasteiger partial charge in [-0.05, 0) is 12.8 Å². The largest absolute Gasteiger partial charge is 0.467 e. The smallest absolute Gasteiger partial charge is 0.337 e. The van der Waals surface area contributed by atoms with Crippen LogP contribution in [0.1, 0.15) is 51.4 Å². The number of ether oxygens (including phenoxy) is 2. The number of esters is 2. The summed E-state index contributed by atoms with van der Waals surface area (Å²) in [6.45, 7) is 0. The van der Waals surface area contributed by atoms with Gasteiger partial charge in [0.15, 0.2) is 12.2 Å². The molecule has 0 aromatic carbocycles. The Morgan fingerprint density at radius 2 is 0.958 bits per heavy atom. The zero-order chi connectivity index (χ0) is 18.5. The minimum absolute atomic E-state index is 0.320. The molecule has 0 aromatic heterocycles. The maximum absolute atomic E-state index is 11.0. The van der Waals surface area contributed by atoms with Gasteiger partial charge in [0.1, 0.15) is 0 Å². The standard InChI is InChI=1S/C16H30O8/c1-23-15(21)13(19)11(17)9-7-5-3-4-6-8-10-12(18)14(20)16(22)24-2/h11-14,17-20H,3-10H2,1-2H3/t11-,12-,13+,14+/m1/s1. The molecule has 0 heterocycles. The molecule has 4 N–H and O–H groups in total. The Hall–Kier alpha value is -1.22. The van der Waals surface area contributed by atoms with Crippen LogP contribution in [0.15, 0.2) is 0 Å². The summed E-state index contributed by atoms with van der Waals surface area (Å²) in [6, 6.07) is 0. The highest BCUT2D eigenvalue weighted by Gasteiger charge is 2.25. The maximum Gasteiger partial charge on any atom is 0.337 e. The Kier molecular flexibility index (Phi) is 12.4. The number of hydrogen-bond donors (Lipinski definition) is 4. The topological polar surface area (TPSA) is 134 Å². The molecule has 4 atom stereocenters. The normalized spacial score (nSPS) is 16.1. The van der Waals surface area contributed by atoms with E-state index in [1.807, 2.05) is 0 Å². The van der Waals surface area contributed by atoms with Gasteiger partial charge in [0.05, 0.1) is 26.4 Å². The second kappa shape index (κ2) is 13.1. The predicted molar refractivity (Wildman–Crippen MR) is 85.0 cm³/mol. The van der Waals surface area contributed by atoms with Crippen LogP contribution < -0.4 is 0 Å². The fourth-order valence-electron chi connectivity index (χ4n) is 2.29. The Morgan fingerprint density at radius 1 is 0.667 bits per heavy atom. The van der Waals surface area contributed by atoms with E-state index in [4.69, 9.17) is 0 Å². The minimum atomic E-state index is -1.50. The lowest BCUT2D eigenvalue weighted by Crippen LogP contribution is -2.34. The van der Waals surface area contributed by atoms with Crippen LogP contribution in [-0.2, 0) is 19.1 Å². The van der Waals surface area contributed by atoms with Crippen molar-refractivity contribution >= 4 is 11.9 Å². The molecule has 0 aliphatic heterocycles. The number of aliphatic hydroxyl groups excluding tert-OH is 4. The first-order valence-electron chi connectivity index (χ1n) is 8.23. The molecular formula is C16H30O8. The highest BCUT2D eigenvalue weighted by Crippen LogP contribution is 2.13. The van der Waals surface area contributed by atoms with Gasteiger partial charge in [-0.1, -0.05) is 38.5 Å². The van der Waals surface area contributed by atoms with Crippen molar-refractivity contribution in [1.82, 2.24) is 0 Å². The van der Waals surface area contributed by atoms with Crippen molar-refractivity contribution in [3.8, 4) is 0 Å². The first-order chi connectivity index (χ1) is 11.3. The number of rotatable bonds is 13. The first kappa shape index (κ1) is 22.8. The summed E-state index contributed by atoms with van der Waals surface area (Å²) in [6.07, 6.45) is 0.276. The number of carbonyl (C=O) groups excluding carboxylic acids is 2. The van der Waals surface area contributed by atoms with E-state index in [2.05, 4.69) is 9.47 Å². The monoisotopic (exact) mass is 350 g/mol. The van der Waals surface area contributed by atoms with E-state index in [0.717, 1.165) is 39.9 Å². The third kappa shape index (κ3) is 9.17. The van der Waals surface area contributed by atoms with Crippen LogP contribution in [0, 0.1) is 0 Å². The quantitative estimate of drug-likeness (QED) is 0.267. The zero-order valence-electron chi connectivity index (χ0n) is 14.4. The van der Waals surface area contributed by atoms with Gasteiger partial charge in [0.25, 0.3) is 0 Å². The highest BCUT2D eigenvalue weighted by molar-refractivity contribution is 5.75. The molecule has 0 saturated carbocycles. The molecule has 0 saturated heterocycles. The molecule has 24 heavy (non-hydrogen) atoms. The van der Waals surface area contributed by atoms with Crippen molar-refractivity contribution in [3.63, 3.8) is 0 Å². The fraction of sp³-hybridized carbons (Fsp3) is 0.875. The second-order valence-electron chi connectivity index (χ2n) is 5.77. The molecular weight excluding hydrogens is 320 g/mol. The number of methoxy groups -OCH3 is 2. The van der Waals surface area contributed by atoms with Gasteiger partial charge < -0.3 is 29.9 Å². The number of hydrogen-bond acceptors (Lipinski definition) is 8. The van der Waals surface area contributed by atoms with Gasteiger partial charge >= 0.3 is 11.9 Å². The molecule has 0 rings (SSSR count). The van der Waals surface area contributed by atoms with E-state index in [0.29, 0.717) is 25.7 Å². The van der Waals surface area contributed by atoms with Gasteiger partial charge in [-0.15, -0.1) is 0 Å². The summed E-state index contributed by atoms with van der Waals surface area (Å²) in [5.41, 5.74) is 0. The Labute approximate surface area is 142 Å². The van der Waals surface area contributed by atoms with Crippen LogP contribution >= 0.6 is 0 Å². The van der Waals surface area contributed by atoms with Crippen molar-refractivity contribution < 1.29 is 39.5 Å². The molecule has 0 aliphatic carbocycles. The molecule has 0 aromatic rings. The Bertz CT molecular complexity index is 326. The lowest BCUT2D eigenvalue weighted by molar-refractivity contribution is -0.157. The Balaban J connectivity index is 3.61. The van der Waals surface area contributed by atoms with Crippen LogP contribution in [0.3, 0.4) is 0 Å². The summed E-state index contributed by atoms with van der Waals surface area (Å²) >= 11 is 0. The average molecular weight is 350 g/mol. The third-order valence-corrected chi connectivity index (χ3v) is 3.86. The van der Waals surface area contributed by atoms with Crippen LogP contribution in [0.5, 0.6) is 0 Å². The first-order valence-corrected chi connectivity index (χ1v) is 8.23. The van der Waals surface area contributed by atoms with Gasteiger partial charge in [-0.3, -0.25) is 0 Å². The Morgan fingerprint density at radius 3 is 1.25 bits per heavy atom. The van der Waals surface area contributed by atoms with Crippen molar-refractivity contribution in [2.75, 3.05) is 14.2 Å². The summed E-state index contributed by atoms with van der Waals surface area (Å²) in [7, 11) is 2.30. The van der Waals surface area contributed by atoms with E-state index in [1.54, 1.807) is 0 Å². The molecule has 0 bridgehead atoms. The average Bonchev–Trinajstić information content (AvgIpc) is 2.60. The summed E-state index contributed by atoms with van der Waals surface area (Å²) in [4.78, 5) is 22.1. The van der Waals surface area contributed by atoms with Crippen LogP contribution in [0.2, 0.25) is 0 Å². The molecule has 8 nitrogen and oxygen atoms in total. The lowest BCUT2D eigenvalue weighted by Gasteiger charge is -2.15. The minimum Gasteiger partial charge on any atom is -0.467 e. The molecule has 8 heteroatoms. The van der Waals surface area contributed by atoms with Gasteiger partial charge in [-0.2, -0.15) is 0 Å². The molecule has 0 radical (unpaired) electrons. The predicted octanol–water partition coefficient (Wildman–Crippen LogP) is -0.103. The number of aliphatic hydroxyl groups is 4. The molecule has 0 unspecified atom stereocenters. The number of carbonyl (C=O) groups is 2. The van der Waals surface area contributed by atoms with Crippen molar-refractivity contribution in [3.05, 3.63) is 0 Å².